The summed E-state index contributed by atoms with van der Waals surface area (Å²) in [6, 6.07) is 2.28. The first kappa shape index (κ1) is 16.9. The van der Waals surface area contributed by atoms with E-state index in [0.717, 1.165) is 51.4 Å². The number of Topliss-reactive ketones (excluding diaryl/α,β-unsaturated/α-hetero) is 1. The van der Waals surface area contributed by atoms with E-state index in [9.17, 15) is 15.2 Å². The molecular weight excluding hydrogens is 288 g/mol. The van der Waals surface area contributed by atoms with E-state index in [-0.39, 0.29) is 17.2 Å². The molecule has 3 atom stereocenters. The molecule has 0 aromatic carbocycles. The van der Waals surface area contributed by atoms with Gasteiger partial charge in [-0.25, -0.2) is 0 Å². The summed E-state index contributed by atoms with van der Waals surface area (Å²) in [5, 5.41) is 23.4. The first-order valence-corrected chi connectivity index (χ1v) is 9.35. The first-order chi connectivity index (χ1) is 11.0. The van der Waals surface area contributed by atoms with E-state index in [0.29, 0.717) is 24.8 Å². The summed E-state index contributed by atoms with van der Waals surface area (Å²) < 4.78 is 0. The van der Waals surface area contributed by atoms with Crippen LogP contribution in [-0.4, -0.2) is 28.6 Å². The lowest BCUT2D eigenvalue weighted by Crippen LogP contribution is -2.65. The molecule has 0 radical (unpaired) electrons. The maximum atomic E-state index is 12.3. The molecule has 0 amide bonds. The highest BCUT2D eigenvalue weighted by molar-refractivity contribution is 5.81. The van der Waals surface area contributed by atoms with Gasteiger partial charge < -0.3 is 10.4 Å². The van der Waals surface area contributed by atoms with Crippen LogP contribution in [0.4, 0.5) is 0 Å². The zero-order chi connectivity index (χ0) is 16.5. The fourth-order valence-corrected chi connectivity index (χ4v) is 5.72. The van der Waals surface area contributed by atoms with Crippen molar-refractivity contribution >= 4 is 5.78 Å². The van der Waals surface area contributed by atoms with Crippen LogP contribution in [0.15, 0.2) is 0 Å². The minimum atomic E-state index is -0.490. The molecule has 128 valence electrons. The Labute approximate surface area is 139 Å². The first-order valence-electron chi connectivity index (χ1n) is 9.35. The van der Waals surface area contributed by atoms with E-state index < -0.39 is 5.60 Å². The number of ketones is 1. The van der Waals surface area contributed by atoms with Crippen molar-refractivity contribution in [2.45, 2.75) is 82.3 Å². The molecule has 0 heterocycles. The van der Waals surface area contributed by atoms with Crippen LogP contribution < -0.4 is 5.32 Å². The second-order valence-electron chi connectivity index (χ2n) is 8.53. The molecule has 0 spiro atoms. The number of unbranched alkanes of at least 4 members (excludes halogenated alkanes) is 1. The van der Waals surface area contributed by atoms with E-state index in [4.69, 9.17) is 0 Å². The maximum absolute atomic E-state index is 12.3. The summed E-state index contributed by atoms with van der Waals surface area (Å²) in [7, 11) is 0. The van der Waals surface area contributed by atoms with Crippen molar-refractivity contribution in [2.75, 3.05) is 6.54 Å². The molecule has 4 nitrogen and oxygen atoms in total. The van der Waals surface area contributed by atoms with Crippen molar-refractivity contribution in [1.29, 1.82) is 5.26 Å². The second-order valence-corrected chi connectivity index (χ2v) is 8.53. The largest absolute Gasteiger partial charge is 0.390 e. The van der Waals surface area contributed by atoms with Gasteiger partial charge in [-0.3, -0.25) is 4.79 Å². The summed E-state index contributed by atoms with van der Waals surface area (Å²) in [6.07, 6.45) is 9.46. The van der Waals surface area contributed by atoms with Crippen molar-refractivity contribution in [3.63, 3.8) is 0 Å². The van der Waals surface area contributed by atoms with Crippen LogP contribution in [0, 0.1) is 29.1 Å². The summed E-state index contributed by atoms with van der Waals surface area (Å²) in [5.41, 5.74) is -0.517. The van der Waals surface area contributed by atoms with Gasteiger partial charge in [0.2, 0.25) is 0 Å². The maximum Gasteiger partial charge on any atom is 0.147 e. The van der Waals surface area contributed by atoms with Crippen molar-refractivity contribution in [3.8, 4) is 6.07 Å². The van der Waals surface area contributed by atoms with Crippen molar-refractivity contribution < 1.29 is 9.90 Å². The van der Waals surface area contributed by atoms with Gasteiger partial charge in [-0.15, -0.1) is 0 Å². The van der Waals surface area contributed by atoms with Crippen LogP contribution >= 0.6 is 0 Å². The highest BCUT2D eigenvalue weighted by Crippen LogP contribution is 2.57. The number of carbonyl (C=O) groups is 1. The normalized spacial score (nSPS) is 39.2. The Bertz CT molecular complexity index is 482. The van der Waals surface area contributed by atoms with Gasteiger partial charge in [0.15, 0.2) is 0 Å². The fourth-order valence-electron chi connectivity index (χ4n) is 5.72. The third-order valence-electron chi connectivity index (χ3n) is 6.25. The molecule has 23 heavy (non-hydrogen) atoms. The number of nitrogens with one attached hydrogen (secondary N) is 1. The Morgan fingerprint density at radius 2 is 2.04 bits per heavy atom. The van der Waals surface area contributed by atoms with Gasteiger partial charge >= 0.3 is 0 Å². The summed E-state index contributed by atoms with van der Waals surface area (Å²) >= 11 is 0. The van der Waals surface area contributed by atoms with Gasteiger partial charge in [0, 0.05) is 12.0 Å². The quantitative estimate of drug-likeness (QED) is 0.721. The lowest BCUT2D eigenvalue weighted by molar-refractivity contribution is -0.144. The average Bonchev–Trinajstić information content (AvgIpc) is 2.47. The molecule has 4 fully saturated rings. The number of hydrogen-bond donors (Lipinski definition) is 2. The summed E-state index contributed by atoms with van der Waals surface area (Å²) in [4.78, 5) is 12.3. The Balaban J connectivity index is 1.52. The fraction of sp³-hybridized carbons (Fsp3) is 0.895. The average molecular weight is 318 g/mol. The van der Waals surface area contributed by atoms with Gasteiger partial charge in [0.25, 0.3) is 0 Å². The number of carbonyl (C=O) groups excluding carboxylic acids is 1. The smallest absolute Gasteiger partial charge is 0.147 e. The van der Waals surface area contributed by atoms with Gasteiger partial charge in [-0.2, -0.15) is 5.26 Å². The molecular formula is C19H30N2O2. The predicted octanol–water partition coefficient (Wildman–Crippen LogP) is 2.95. The van der Waals surface area contributed by atoms with E-state index in [1.54, 1.807) is 0 Å². The Hall–Kier alpha value is -0.920. The van der Waals surface area contributed by atoms with Gasteiger partial charge in [-0.05, 0) is 56.8 Å². The molecule has 4 bridgehead atoms. The molecule has 2 unspecified atom stereocenters. The van der Waals surface area contributed by atoms with Gasteiger partial charge in [-0.1, -0.05) is 19.8 Å². The van der Waals surface area contributed by atoms with Gasteiger partial charge in [0.1, 0.15) is 5.78 Å². The topological polar surface area (TPSA) is 73.1 Å². The van der Waals surface area contributed by atoms with E-state index in [2.05, 4.69) is 18.3 Å². The standard InChI is InChI=1S/C19H30N2O2/c1-2-3-4-14(11-20)6-17(22)12-21-18-7-15-5-16(8-18)10-19(23,9-15)13-18/h14-16,21,23H,2-10,12-13H2,1H3/t14-,15?,16?,18?,19?/m1/s1. The zero-order valence-corrected chi connectivity index (χ0v) is 14.3. The molecule has 4 rings (SSSR count). The third-order valence-corrected chi connectivity index (χ3v) is 6.25. The van der Waals surface area contributed by atoms with E-state index >= 15 is 0 Å². The highest BCUT2D eigenvalue weighted by atomic mass is 16.3. The minimum Gasteiger partial charge on any atom is -0.390 e. The number of nitriles is 1. The minimum absolute atomic E-state index is 0.0277. The number of hydrogen-bond acceptors (Lipinski definition) is 4. The lowest BCUT2D eigenvalue weighted by Gasteiger charge is -2.60. The molecule has 4 aliphatic carbocycles. The van der Waals surface area contributed by atoms with Crippen LogP contribution in [0.2, 0.25) is 0 Å². The number of rotatable bonds is 8. The SMILES string of the molecule is CCCC[C@@H](C#N)CC(=O)CNC12CC3CC(CC(O)(C3)C1)C2. The second kappa shape index (κ2) is 6.53. The van der Waals surface area contributed by atoms with Crippen molar-refractivity contribution in [2.24, 2.45) is 17.8 Å². The monoisotopic (exact) mass is 318 g/mol. The Kier molecular flexibility index (Phi) is 4.80. The van der Waals surface area contributed by atoms with Crippen LogP contribution in [0.3, 0.4) is 0 Å². The van der Waals surface area contributed by atoms with Gasteiger partial charge in [0.05, 0.1) is 24.1 Å². The molecule has 0 aliphatic heterocycles. The molecule has 4 heteroatoms. The lowest BCUT2D eigenvalue weighted by atomic mass is 9.51. The molecule has 2 N–H and O–H groups in total. The molecule has 4 aliphatic rings. The summed E-state index contributed by atoms with van der Waals surface area (Å²) in [5.74, 6) is 1.26. The Morgan fingerprint density at radius 3 is 2.61 bits per heavy atom. The van der Waals surface area contributed by atoms with Crippen LogP contribution in [0.1, 0.15) is 71.1 Å². The predicted molar refractivity (Wildman–Crippen MR) is 88.6 cm³/mol. The van der Waals surface area contributed by atoms with E-state index in [1.165, 1.54) is 6.42 Å². The number of aliphatic hydroxyl groups is 1. The Morgan fingerprint density at radius 1 is 1.35 bits per heavy atom. The van der Waals surface area contributed by atoms with E-state index in [1.807, 2.05) is 0 Å². The zero-order valence-electron chi connectivity index (χ0n) is 14.3. The van der Waals surface area contributed by atoms with Crippen molar-refractivity contribution in [3.05, 3.63) is 0 Å². The van der Waals surface area contributed by atoms with Crippen molar-refractivity contribution in [1.82, 2.24) is 5.32 Å². The van der Waals surface area contributed by atoms with Crippen LogP contribution in [0.5, 0.6) is 0 Å². The molecule has 4 saturated carbocycles. The molecule has 0 aromatic rings. The number of nitrogens with zero attached hydrogens (tertiary/aromatic N) is 1. The van der Waals surface area contributed by atoms with Crippen LogP contribution in [-0.2, 0) is 4.79 Å². The third kappa shape index (κ3) is 3.78. The highest BCUT2D eigenvalue weighted by Gasteiger charge is 2.56. The van der Waals surface area contributed by atoms with Crippen LogP contribution in [0.25, 0.3) is 0 Å². The molecule has 0 aromatic heterocycles. The summed E-state index contributed by atoms with van der Waals surface area (Å²) in [6.45, 7) is 2.47. The molecule has 0 saturated heterocycles.